The molecule has 5 heterocycles. The molecule has 0 saturated carbocycles. The molecule has 1 spiro atoms. The lowest BCUT2D eigenvalue weighted by atomic mass is 9.74. The predicted molar refractivity (Wildman–Crippen MR) is 152 cm³/mol. The van der Waals surface area contributed by atoms with Gasteiger partial charge in [0.15, 0.2) is 0 Å². The topological polar surface area (TPSA) is 108 Å². The van der Waals surface area contributed by atoms with Crippen LogP contribution in [0.4, 0.5) is 0 Å². The number of nitrogens with zero attached hydrogens (tertiary/aromatic N) is 3. The fraction of sp³-hybridized carbons (Fsp3) is 0.500. The number of hydrogen-bond donors (Lipinski definition) is 1. The van der Waals surface area contributed by atoms with E-state index in [0.717, 1.165) is 56.6 Å². The number of hydrogen-bond acceptors (Lipinski definition) is 7. The van der Waals surface area contributed by atoms with Crippen LogP contribution >= 0.6 is 0 Å². The molecule has 220 valence electrons. The molecule has 0 aliphatic carbocycles. The molecule has 5 aliphatic rings. The maximum absolute atomic E-state index is 13.6. The van der Waals surface area contributed by atoms with E-state index in [0.29, 0.717) is 37.5 Å². The summed E-state index contributed by atoms with van der Waals surface area (Å²) >= 11 is 0. The van der Waals surface area contributed by atoms with Crippen LogP contribution in [0.5, 0.6) is 11.5 Å². The quantitative estimate of drug-likeness (QED) is 0.529. The highest BCUT2D eigenvalue weighted by atomic mass is 16.5. The van der Waals surface area contributed by atoms with Crippen LogP contribution in [0.1, 0.15) is 60.0 Å². The van der Waals surface area contributed by atoms with E-state index in [-0.39, 0.29) is 42.1 Å². The molecule has 1 unspecified atom stereocenters. The van der Waals surface area contributed by atoms with Gasteiger partial charge in [-0.3, -0.25) is 29.4 Å². The predicted octanol–water partition coefficient (Wildman–Crippen LogP) is 2.24. The van der Waals surface area contributed by atoms with Gasteiger partial charge in [0.25, 0.3) is 5.91 Å². The highest BCUT2D eigenvalue weighted by molar-refractivity contribution is 6.05. The monoisotopic (exact) mass is 572 g/mol. The lowest BCUT2D eigenvalue weighted by Gasteiger charge is -2.40. The van der Waals surface area contributed by atoms with E-state index in [1.807, 2.05) is 23.1 Å². The fourth-order valence-electron chi connectivity index (χ4n) is 7.44. The van der Waals surface area contributed by atoms with Gasteiger partial charge in [0, 0.05) is 48.2 Å². The molecular weight excluding hydrogens is 536 g/mol. The van der Waals surface area contributed by atoms with Crippen molar-refractivity contribution in [1.29, 1.82) is 0 Å². The summed E-state index contributed by atoms with van der Waals surface area (Å²) in [7, 11) is 0. The number of carbonyl (C=O) groups is 4. The lowest BCUT2D eigenvalue weighted by molar-refractivity contribution is -0.138. The Labute approximate surface area is 244 Å². The van der Waals surface area contributed by atoms with E-state index < -0.39 is 11.9 Å². The SMILES string of the molecule is O=C1CCC(N2Cc3c(OCCN4CCC[C@@H]4C(=O)N4CCC5(CC4)COc4ccccc45)cccc3C2=O)C(=O)N1. The third-order valence-corrected chi connectivity index (χ3v) is 9.82. The van der Waals surface area contributed by atoms with Crippen molar-refractivity contribution >= 4 is 23.6 Å². The first-order valence-electron chi connectivity index (χ1n) is 15.1. The maximum Gasteiger partial charge on any atom is 0.255 e. The number of likely N-dealkylation sites (tertiary alicyclic amines) is 2. The number of fused-ring (bicyclic) bond motifs is 3. The summed E-state index contributed by atoms with van der Waals surface area (Å²) in [5, 5.41) is 2.34. The molecule has 3 fully saturated rings. The minimum absolute atomic E-state index is 0.0156. The molecular formula is C32H36N4O6. The number of benzene rings is 2. The summed E-state index contributed by atoms with van der Waals surface area (Å²) in [6.45, 7) is 4.31. The molecule has 2 aromatic carbocycles. The van der Waals surface area contributed by atoms with Crippen molar-refractivity contribution in [1.82, 2.24) is 20.0 Å². The highest BCUT2D eigenvalue weighted by Crippen LogP contribution is 2.45. The lowest BCUT2D eigenvalue weighted by Crippen LogP contribution is -2.52. The molecule has 0 bridgehead atoms. The Morgan fingerprint density at radius 1 is 1.02 bits per heavy atom. The smallest absolute Gasteiger partial charge is 0.255 e. The molecule has 3 saturated heterocycles. The first-order chi connectivity index (χ1) is 20.4. The second-order valence-electron chi connectivity index (χ2n) is 12.1. The Morgan fingerprint density at radius 2 is 1.86 bits per heavy atom. The Bertz CT molecular complexity index is 1430. The molecule has 10 nitrogen and oxygen atoms in total. The van der Waals surface area contributed by atoms with Crippen LogP contribution in [0.3, 0.4) is 0 Å². The number of imide groups is 1. The third-order valence-electron chi connectivity index (χ3n) is 9.82. The number of para-hydroxylation sites is 1. The Morgan fingerprint density at radius 3 is 2.69 bits per heavy atom. The molecule has 0 aromatic heterocycles. The normalized spacial score (nSPS) is 24.9. The highest BCUT2D eigenvalue weighted by Gasteiger charge is 2.45. The molecule has 0 radical (unpaired) electrons. The van der Waals surface area contributed by atoms with Crippen LogP contribution in [0.2, 0.25) is 0 Å². The molecule has 1 N–H and O–H groups in total. The second-order valence-corrected chi connectivity index (χ2v) is 12.1. The summed E-state index contributed by atoms with van der Waals surface area (Å²) in [6.07, 6.45) is 4.20. The van der Waals surface area contributed by atoms with Crippen molar-refractivity contribution in [2.45, 2.75) is 62.6 Å². The second kappa shape index (κ2) is 10.7. The maximum atomic E-state index is 13.6. The van der Waals surface area contributed by atoms with Gasteiger partial charge in [-0.05, 0) is 56.8 Å². The van der Waals surface area contributed by atoms with Crippen LogP contribution in [-0.2, 0) is 26.3 Å². The van der Waals surface area contributed by atoms with Crippen LogP contribution in [0, 0.1) is 0 Å². The molecule has 7 rings (SSSR count). The van der Waals surface area contributed by atoms with E-state index >= 15 is 0 Å². The zero-order valence-corrected chi connectivity index (χ0v) is 23.7. The van der Waals surface area contributed by atoms with Gasteiger partial charge in [-0.1, -0.05) is 24.3 Å². The minimum Gasteiger partial charge on any atom is -0.492 e. The molecule has 5 aliphatic heterocycles. The fourth-order valence-corrected chi connectivity index (χ4v) is 7.44. The van der Waals surface area contributed by atoms with Gasteiger partial charge in [0.05, 0.1) is 19.2 Å². The summed E-state index contributed by atoms with van der Waals surface area (Å²) in [5.41, 5.74) is 2.60. The van der Waals surface area contributed by atoms with E-state index in [9.17, 15) is 19.2 Å². The minimum atomic E-state index is -0.660. The van der Waals surface area contributed by atoms with E-state index in [4.69, 9.17) is 9.47 Å². The molecule has 42 heavy (non-hydrogen) atoms. The molecule has 2 atom stereocenters. The first kappa shape index (κ1) is 26.9. The van der Waals surface area contributed by atoms with Crippen LogP contribution in [0.15, 0.2) is 42.5 Å². The van der Waals surface area contributed by atoms with E-state index in [1.165, 1.54) is 10.5 Å². The third kappa shape index (κ3) is 4.62. The van der Waals surface area contributed by atoms with Gasteiger partial charge in [0.2, 0.25) is 17.7 Å². The molecule has 10 heteroatoms. The number of amides is 4. The van der Waals surface area contributed by atoms with Gasteiger partial charge >= 0.3 is 0 Å². The van der Waals surface area contributed by atoms with Crippen LogP contribution in [0.25, 0.3) is 0 Å². The molecule has 2 aromatic rings. The number of rotatable bonds is 6. The van der Waals surface area contributed by atoms with Gasteiger partial charge in [-0.15, -0.1) is 0 Å². The van der Waals surface area contributed by atoms with Crippen molar-refractivity contribution in [2.75, 3.05) is 39.4 Å². The van der Waals surface area contributed by atoms with E-state index in [1.54, 1.807) is 12.1 Å². The van der Waals surface area contributed by atoms with Gasteiger partial charge in [-0.2, -0.15) is 0 Å². The van der Waals surface area contributed by atoms with Crippen molar-refractivity contribution in [2.24, 2.45) is 0 Å². The Hall–Kier alpha value is -3.92. The number of nitrogens with one attached hydrogen (secondary N) is 1. The zero-order chi connectivity index (χ0) is 28.8. The number of ether oxygens (including phenoxy) is 2. The van der Waals surface area contributed by atoms with E-state index in [2.05, 4.69) is 22.3 Å². The summed E-state index contributed by atoms with van der Waals surface area (Å²) in [4.78, 5) is 56.5. The molecule has 4 amide bonds. The Kier molecular flexibility index (Phi) is 6.88. The van der Waals surface area contributed by atoms with Gasteiger partial charge in [0.1, 0.15) is 24.1 Å². The number of piperidine rings is 2. The zero-order valence-electron chi connectivity index (χ0n) is 23.7. The summed E-state index contributed by atoms with van der Waals surface area (Å²) < 4.78 is 12.2. The average Bonchev–Trinajstić information content (AvgIpc) is 3.70. The largest absolute Gasteiger partial charge is 0.492 e. The van der Waals surface area contributed by atoms with Crippen LogP contribution in [-0.4, -0.2) is 89.8 Å². The summed E-state index contributed by atoms with van der Waals surface area (Å²) in [6, 6.07) is 12.9. The van der Waals surface area contributed by atoms with Gasteiger partial charge in [-0.25, -0.2) is 0 Å². The standard InChI is InChI=1S/C32H36N4O6/c37-28-11-10-24(29(38)33-28)36-19-22-21(30(36)39)5-3-9-26(22)41-18-17-34-14-4-7-25(34)31(40)35-15-12-32(13-16-35)20-42-27-8-2-1-6-23(27)32/h1-3,5-6,8-9,24-25H,4,7,10-20H2,(H,33,37,38)/t24?,25-/m1/s1. The van der Waals surface area contributed by atoms with Crippen molar-refractivity contribution < 1.29 is 28.7 Å². The number of carbonyl (C=O) groups excluding carboxylic acids is 4. The van der Waals surface area contributed by atoms with Crippen molar-refractivity contribution in [3.63, 3.8) is 0 Å². The van der Waals surface area contributed by atoms with Crippen molar-refractivity contribution in [3.05, 3.63) is 59.2 Å². The average molecular weight is 573 g/mol. The van der Waals surface area contributed by atoms with Crippen molar-refractivity contribution in [3.8, 4) is 11.5 Å². The summed E-state index contributed by atoms with van der Waals surface area (Å²) in [5.74, 6) is 0.868. The Balaban J connectivity index is 0.949. The first-order valence-corrected chi connectivity index (χ1v) is 15.1. The van der Waals surface area contributed by atoms with Crippen LogP contribution < -0.4 is 14.8 Å². The van der Waals surface area contributed by atoms with Gasteiger partial charge < -0.3 is 19.3 Å².